The first kappa shape index (κ1) is 12.0. The fourth-order valence-electron chi connectivity index (χ4n) is 2.70. The summed E-state index contributed by atoms with van der Waals surface area (Å²) in [6.45, 7) is 3.27. The molecule has 1 heterocycles. The first-order chi connectivity index (χ1) is 8.84. The fourth-order valence-corrected chi connectivity index (χ4v) is 2.70. The SMILES string of the molecule is COCCNCc1nnnn1CC1(C2CC2)CC1. The van der Waals surface area contributed by atoms with E-state index in [4.69, 9.17) is 4.74 Å². The van der Waals surface area contributed by atoms with E-state index in [9.17, 15) is 0 Å². The van der Waals surface area contributed by atoms with Gasteiger partial charge in [0.1, 0.15) is 0 Å². The van der Waals surface area contributed by atoms with Crippen LogP contribution in [0.25, 0.3) is 0 Å². The third-order valence-corrected chi connectivity index (χ3v) is 4.17. The molecule has 2 aliphatic carbocycles. The summed E-state index contributed by atoms with van der Waals surface area (Å²) in [4.78, 5) is 0. The topological polar surface area (TPSA) is 64.9 Å². The van der Waals surface area contributed by atoms with Gasteiger partial charge in [0.25, 0.3) is 0 Å². The van der Waals surface area contributed by atoms with Crippen LogP contribution in [-0.2, 0) is 17.8 Å². The van der Waals surface area contributed by atoms with E-state index in [1.54, 1.807) is 7.11 Å². The molecule has 0 spiro atoms. The zero-order chi connectivity index (χ0) is 12.4. The molecule has 1 aromatic rings. The van der Waals surface area contributed by atoms with Crippen molar-refractivity contribution in [2.24, 2.45) is 11.3 Å². The minimum atomic E-state index is 0.538. The number of nitrogens with one attached hydrogen (secondary N) is 1. The second-order valence-electron chi connectivity index (χ2n) is 5.56. The van der Waals surface area contributed by atoms with Gasteiger partial charge in [-0.2, -0.15) is 0 Å². The Kier molecular flexibility index (Phi) is 3.30. The molecule has 0 saturated heterocycles. The molecule has 6 nitrogen and oxygen atoms in total. The van der Waals surface area contributed by atoms with Gasteiger partial charge in [-0.15, -0.1) is 5.10 Å². The Bertz CT molecular complexity index is 397. The van der Waals surface area contributed by atoms with Crippen LogP contribution in [0.5, 0.6) is 0 Å². The van der Waals surface area contributed by atoms with Crippen molar-refractivity contribution in [2.45, 2.75) is 38.8 Å². The normalized spacial score (nSPS) is 21.2. The standard InChI is InChI=1S/C12H21N5O/c1-18-7-6-13-8-11-14-15-16-17(11)9-12(4-5-12)10-2-3-10/h10,13H,2-9H2,1H3. The summed E-state index contributed by atoms with van der Waals surface area (Å²) in [6.07, 6.45) is 5.52. The number of hydrogen-bond donors (Lipinski definition) is 1. The van der Waals surface area contributed by atoms with E-state index in [0.29, 0.717) is 12.0 Å². The number of hydrogen-bond acceptors (Lipinski definition) is 5. The predicted octanol–water partition coefficient (Wildman–Crippen LogP) is 0.599. The van der Waals surface area contributed by atoms with Gasteiger partial charge in [-0.25, -0.2) is 4.68 Å². The minimum absolute atomic E-state index is 0.538. The van der Waals surface area contributed by atoms with E-state index >= 15 is 0 Å². The van der Waals surface area contributed by atoms with Gasteiger partial charge in [0.05, 0.1) is 19.7 Å². The lowest BCUT2D eigenvalue weighted by molar-refractivity contribution is 0.198. The molecule has 6 heteroatoms. The van der Waals surface area contributed by atoms with Gasteiger partial charge in [-0.05, 0) is 47.4 Å². The Morgan fingerprint density at radius 2 is 2.28 bits per heavy atom. The monoisotopic (exact) mass is 251 g/mol. The van der Waals surface area contributed by atoms with E-state index in [1.165, 1.54) is 25.7 Å². The molecule has 2 saturated carbocycles. The molecule has 0 bridgehead atoms. The van der Waals surface area contributed by atoms with Crippen molar-refractivity contribution in [1.82, 2.24) is 25.5 Å². The van der Waals surface area contributed by atoms with Crippen LogP contribution in [0.1, 0.15) is 31.5 Å². The summed E-state index contributed by atoms with van der Waals surface area (Å²) in [5, 5.41) is 15.3. The van der Waals surface area contributed by atoms with Crippen LogP contribution in [0.15, 0.2) is 0 Å². The maximum absolute atomic E-state index is 5.00. The van der Waals surface area contributed by atoms with Crippen molar-refractivity contribution < 1.29 is 4.74 Å². The van der Waals surface area contributed by atoms with Crippen molar-refractivity contribution in [2.75, 3.05) is 20.3 Å². The smallest absolute Gasteiger partial charge is 0.165 e. The van der Waals surface area contributed by atoms with Gasteiger partial charge in [0.2, 0.25) is 0 Å². The maximum Gasteiger partial charge on any atom is 0.165 e. The van der Waals surface area contributed by atoms with Gasteiger partial charge in [-0.3, -0.25) is 0 Å². The molecule has 100 valence electrons. The molecule has 0 atom stereocenters. The van der Waals surface area contributed by atoms with Crippen molar-refractivity contribution in [3.8, 4) is 0 Å². The molecule has 2 aliphatic rings. The molecular weight excluding hydrogens is 230 g/mol. The summed E-state index contributed by atoms with van der Waals surface area (Å²) in [5.74, 6) is 1.88. The molecule has 0 radical (unpaired) electrons. The highest BCUT2D eigenvalue weighted by atomic mass is 16.5. The third-order valence-electron chi connectivity index (χ3n) is 4.17. The number of ether oxygens (including phenoxy) is 1. The lowest BCUT2D eigenvalue weighted by Crippen LogP contribution is -2.23. The Balaban J connectivity index is 1.54. The molecule has 0 aromatic carbocycles. The highest BCUT2D eigenvalue weighted by molar-refractivity contribution is 5.04. The molecule has 0 aliphatic heterocycles. The highest BCUT2D eigenvalue weighted by Crippen LogP contribution is 2.62. The van der Waals surface area contributed by atoms with E-state index in [2.05, 4.69) is 20.8 Å². The number of methoxy groups -OCH3 is 1. The van der Waals surface area contributed by atoms with Gasteiger partial charge in [0.15, 0.2) is 5.82 Å². The first-order valence-electron chi connectivity index (χ1n) is 6.79. The number of nitrogens with zero attached hydrogens (tertiary/aromatic N) is 4. The zero-order valence-electron chi connectivity index (χ0n) is 10.9. The van der Waals surface area contributed by atoms with Crippen LogP contribution in [0, 0.1) is 11.3 Å². The van der Waals surface area contributed by atoms with Gasteiger partial charge in [-0.1, -0.05) is 0 Å². The van der Waals surface area contributed by atoms with E-state index in [-0.39, 0.29) is 0 Å². The largest absolute Gasteiger partial charge is 0.383 e. The lowest BCUT2D eigenvalue weighted by atomic mass is 10.0. The summed E-state index contributed by atoms with van der Waals surface area (Å²) in [5.41, 5.74) is 0.538. The second kappa shape index (κ2) is 4.93. The molecule has 1 N–H and O–H groups in total. The second-order valence-corrected chi connectivity index (χ2v) is 5.56. The first-order valence-corrected chi connectivity index (χ1v) is 6.79. The average molecular weight is 251 g/mol. The molecule has 1 aromatic heterocycles. The van der Waals surface area contributed by atoms with Gasteiger partial charge in [0, 0.05) is 13.7 Å². The van der Waals surface area contributed by atoms with Crippen LogP contribution < -0.4 is 5.32 Å². The molecule has 18 heavy (non-hydrogen) atoms. The van der Waals surface area contributed by atoms with Crippen molar-refractivity contribution in [3.63, 3.8) is 0 Å². The van der Waals surface area contributed by atoms with Crippen LogP contribution in [-0.4, -0.2) is 40.5 Å². The molecular formula is C12H21N5O. The predicted molar refractivity (Wildman–Crippen MR) is 65.8 cm³/mol. The van der Waals surface area contributed by atoms with E-state index < -0.39 is 0 Å². The van der Waals surface area contributed by atoms with E-state index in [1.807, 2.05) is 4.68 Å². The average Bonchev–Trinajstić information content (AvgIpc) is 3.25. The summed E-state index contributed by atoms with van der Waals surface area (Å²) in [6, 6.07) is 0. The van der Waals surface area contributed by atoms with Gasteiger partial charge < -0.3 is 10.1 Å². The lowest BCUT2D eigenvalue weighted by Gasteiger charge is -2.14. The Labute approximate surface area is 107 Å². The van der Waals surface area contributed by atoms with Gasteiger partial charge >= 0.3 is 0 Å². The molecule has 0 amide bonds. The highest BCUT2D eigenvalue weighted by Gasteiger charge is 2.54. The van der Waals surface area contributed by atoms with Crippen LogP contribution in [0.3, 0.4) is 0 Å². The summed E-state index contributed by atoms with van der Waals surface area (Å²) < 4.78 is 6.99. The van der Waals surface area contributed by atoms with Crippen LogP contribution >= 0.6 is 0 Å². The molecule has 2 fully saturated rings. The van der Waals surface area contributed by atoms with Crippen molar-refractivity contribution >= 4 is 0 Å². The Morgan fingerprint density at radius 3 is 2.94 bits per heavy atom. The van der Waals surface area contributed by atoms with E-state index in [0.717, 1.165) is 31.4 Å². The molecule has 0 unspecified atom stereocenters. The summed E-state index contributed by atoms with van der Waals surface area (Å²) >= 11 is 0. The zero-order valence-corrected chi connectivity index (χ0v) is 10.9. The number of rotatable bonds is 8. The quantitative estimate of drug-likeness (QED) is 0.685. The Morgan fingerprint density at radius 1 is 1.44 bits per heavy atom. The van der Waals surface area contributed by atoms with Crippen molar-refractivity contribution in [3.05, 3.63) is 5.82 Å². The summed E-state index contributed by atoms with van der Waals surface area (Å²) in [7, 11) is 1.71. The Hall–Kier alpha value is -1.01. The van der Waals surface area contributed by atoms with Crippen LogP contribution in [0.2, 0.25) is 0 Å². The third kappa shape index (κ3) is 2.54. The fraction of sp³-hybridized carbons (Fsp3) is 0.917. The van der Waals surface area contributed by atoms with Crippen molar-refractivity contribution in [1.29, 1.82) is 0 Å². The maximum atomic E-state index is 5.00. The minimum Gasteiger partial charge on any atom is -0.383 e. The number of tetrazole rings is 1. The molecule has 3 rings (SSSR count). The van der Waals surface area contributed by atoms with Crippen LogP contribution in [0.4, 0.5) is 0 Å². The number of aromatic nitrogens is 4.